The number of phenols is 2. The smallest absolute Gasteiger partial charge is 0.283 e. The molecule has 0 unspecified atom stereocenters. The first-order valence-corrected chi connectivity index (χ1v) is 10.8. The van der Waals surface area contributed by atoms with Gasteiger partial charge in [0.15, 0.2) is 4.75 Å². The molecule has 0 aliphatic heterocycles. The summed E-state index contributed by atoms with van der Waals surface area (Å²) in [6.07, 6.45) is 0. The lowest BCUT2D eigenvalue weighted by molar-refractivity contribution is 0.416. The fourth-order valence-electron chi connectivity index (χ4n) is 3.26. The van der Waals surface area contributed by atoms with Gasteiger partial charge in [-0.05, 0) is 36.4 Å². The number of aromatic hydroxyl groups is 2. The number of benzene rings is 3. The molecule has 0 amide bonds. The van der Waals surface area contributed by atoms with Crippen molar-refractivity contribution in [3.8, 4) is 11.5 Å². The summed E-state index contributed by atoms with van der Waals surface area (Å²) in [6, 6.07) is 11.4. The van der Waals surface area contributed by atoms with Crippen LogP contribution in [0.1, 0.15) is 16.7 Å². The molecular formula is C19H12Cl4O5S. The predicted molar refractivity (Wildman–Crippen MR) is 114 cm³/mol. The highest BCUT2D eigenvalue weighted by molar-refractivity contribution is 7.87. The van der Waals surface area contributed by atoms with Crippen molar-refractivity contribution in [3.63, 3.8) is 0 Å². The molecule has 3 aromatic rings. The highest BCUT2D eigenvalue weighted by Gasteiger charge is 2.53. The summed E-state index contributed by atoms with van der Waals surface area (Å²) in [5.74, 6) is -1.22. The van der Waals surface area contributed by atoms with Gasteiger partial charge in [-0.1, -0.05) is 64.6 Å². The highest BCUT2D eigenvalue weighted by Crippen LogP contribution is 2.54. The third kappa shape index (κ3) is 3.65. The van der Waals surface area contributed by atoms with Crippen LogP contribution in [0.5, 0.6) is 11.5 Å². The summed E-state index contributed by atoms with van der Waals surface area (Å²) in [7, 11) is -5.18. The third-order valence-electron chi connectivity index (χ3n) is 4.38. The maximum atomic E-state index is 13.0. The van der Waals surface area contributed by atoms with E-state index in [4.69, 9.17) is 46.4 Å². The normalized spacial score (nSPS) is 12.2. The van der Waals surface area contributed by atoms with Crippen LogP contribution in [0.15, 0.2) is 54.6 Å². The molecule has 5 nitrogen and oxygen atoms in total. The molecule has 0 saturated carbocycles. The Labute approximate surface area is 186 Å². The molecule has 0 fully saturated rings. The van der Waals surface area contributed by atoms with E-state index in [1.54, 1.807) is 0 Å². The standard InChI is InChI=1S/C19H12Cl4O5S/c20-10-4-6-12(14(22)8-10)19(29(26,27)28,13-7-5-11(21)9-15(13)23)18-16(24)2-1-3-17(18)25/h1-9,24-25H,(H,26,27,28). The topological polar surface area (TPSA) is 94.8 Å². The van der Waals surface area contributed by atoms with Gasteiger partial charge >= 0.3 is 0 Å². The van der Waals surface area contributed by atoms with Crippen LogP contribution in [0.3, 0.4) is 0 Å². The molecule has 0 radical (unpaired) electrons. The van der Waals surface area contributed by atoms with Gasteiger partial charge in [-0.25, -0.2) is 0 Å². The Hall–Kier alpha value is -1.67. The number of phenolic OH excluding ortho intramolecular Hbond substituents is 2. The van der Waals surface area contributed by atoms with Gasteiger partial charge in [0.1, 0.15) is 11.5 Å². The average Bonchev–Trinajstić information content (AvgIpc) is 2.58. The molecule has 10 heteroatoms. The zero-order valence-electron chi connectivity index (χ0n) is 14.3. The fraction of sp³-hybridized carbons (Fsp3) is 0.0526. The van der Waals surface area contributed by atoms with Crippen LogP contribution in [0.4, 0.5) is 0 Å². The minimum Gasteiger partial charge on any atom is -0.507 e. The monoisotopic (exact) mass is 492 g/mol. The molecule has 0 saturated heterocycles. The van der Waals surface area contributed by atoms with Gasteiger partial charge in [0.05, 0.1) is 5.56 Å². The summed E-state index contributed by atoms with van der Waals surface area (Å²) in [5, 5.41) is 21.2. The number of rotatable bonds is 4. The summed E-state index contributed by atoms with van der Waals surface area (Å²) >= 11 is 24.5. The van der Waals surface area contributed by atoms with Crippen molar-refractivity contribution in [2.75, 3.05) is 0 Å². The second kappa shape index (κ2) is 7.87. The van der Waals surface area contributed by atoms with Crippen LogP contribution in [-0.4, -0.2) is 23.2 Å². The molecule has 0 aliphatic rings. The van der Waals surface area contributed by atoms with E-state index in [0.717, 1.165) is 12.1 Å². The Morgan fingerprint density at radius 1 is 0.724 bits per heavy atom. The van der Waals surface area contributed by atoms with Crippen molar-refractivity contribution in [1.82, 2.24) is 0 Å². The Balaban J connectivity index is 2.65. The van der Waals surface area contributed by atoms with Crippen LogP contribution < -0.4 is 0 Å². The maximum Gasteiger partial charge on any atom is 0.283 e. The molecule has 3 rings (SSSR count). The van der Waals surface area contributed by atoms with Gasteiger partial charge in [0.2, 0.25) is 0 Å². The molecular weight excluding hydrogens is 482 g/mol. The summed E-state index contributed by atoms with van der Waals surface area (Å²) in [6.45, 7) is 0. The Morgan fingerprint density at radius 2 is 1.14 bits per heavy atom. The van der Waals surface area contributed by atoms with Crippen LogP contribution in [0.25, 0.3) is 0 Å². The maximum absolute atomic E-state index is 13.0. The molecule has 0 spiro atoms. The zero-order valence-corrected chi connectivity index (χ0v) is 18.1. The quantitative estimate of drug-likeness (QED) is 0.311. The average molecular weight is 494 g/mol. The molecule has 3 aromatic carbocycles. The molecule has 0 heterocycles. The predicted octanol–water partition coefficient (Wildman–Crippen LogP) is 5.89. The number of halogens is 4. The lowest BCUT2D eigenvalue weighted by Crippen LogP contribution is -2.39. The van der Waals surface area contributed by atoms with Gasteiger partial charge in [-0.2, -0.15) is 8.42 Å². The Kier molecular flexibility index (Phi) is 5.98. The molecule has 29 heavy (non-hydrogen) atoms. The molecule has 0 bridgehead atoms. The van der Waals surface area contributed by atoms with Crippen LogP contribution in [0.2, 0.25) is 20.1 Å². The second-order valence-electron chi connectivity index (χ2n) is 6.08. The van der Waals surface area contributed by atoms with E-state index < -0.39 is 31.9 Å². The molecule has 0 aromatic heterocycles. The van der Waals surface area contributed by atoms with Crippen molar-refractivity contribution >= 4 is 56.5 Å². The number of hydrogen-bond donors (Lipinski definition) is 3. The first-order chi connectivity index (χ1) is 13.5. The Morgan fingerprint density at radius 3 is 1.48 bits per heavy atom. The summed E-state index contributed by atoms with van der Waals surface area (Å²) in [4.78, 5) is 0. The van der Waals surface area contributed by atoms with E-state index >= 15 is 0 Å². The lowest BCUT2D eigenvalue weighted by Gasteiger charge is -2.34. The van der Waals surface area contributed by atoms with Gasteiger partial charge in [-0.3, -0.25) is 4.55 Å². The van der Waals surface area contributed by atoms with Crippen molar-refractivity contribution in [1.29, 1.82) is 0 Å². The molecule has 0 aliphatic carbocycles. The number of hydrogen-bond acceptors (Lipinski definition) is 4. The van der Waals surface area contributed by atoms with E-state index in [-0.39, 0.29) is 31.2 Å². The molecule has 3 N–H and O–H groups in total. The molecule has 152 valence electrons. The SMILES string of the molecule is O=S(=O)(O)C(c1ccc(Cl)cc1Cl)(c1ccc(Cl)cc1Cl)c1c(O)cccc1O. The van der Waals surface area contributed by atoms with Crippen LogP contribution in [0, 0.1) is 0 Å². The van der Waals surface area contributed by atoms with E-state index in [0.29, 0.717) is 0 Å². The van der Waals surface area contributed by atoms with E-state index in [1.807, 2.05) is 0 Å². The van der Waals surface area contributed by atoms with Crippen LogP contribution in [-0.2, 0) is 14.9 Å². The zero-order chi connectivity index (χ0) is 21.6. The van der Waals surface area contributed by atoms with Gasteiger partial charge in [-0.15, -0.1) is 0 Å². The van der Waals surface area contributed by atoms with Gasteiger partial charge in [0.25, 0.3) is 10.1 Å². The van der Waals surface area contributed by atoms with Crippen molar-refractivity contribution in [2.45, 2.75) is 4.75 Å². The van der Waals surface area contributed by atoms with Crippen LogP contribution >= 0.6 is 46.4 Å². The largest absolute Gasteiger partial charge is 0.507 e. The molecule has 0 atom stereocenters. The van der Waals surface area contributed by atoms with Crippen molar-refractivity contribution in [3.05, 3.63) is 91.4 Å². The lowest BCUT2D eigenvalue weighted by atomic mass is 9.82. The third-order valence-corrected chi connectivity index (χ3v) is 6.89. The van der Waals surface area contributed by atoms with E-state index in [2.05, 4.69) is 0 Å². The highest BCUT2D eigenvalue weighted by atomic mass is 35.5. The van der Waals surface area contributed by atoms with Gasteiger partial charge < -0.3 is 10.2 Å². The Bertz CT molecular complexity index is 1140. The first-order valence-electron chi connectivity index (χ1n) is 7.89. The van der Waals surface area contributed by atoms with Crippen molar-refractivity contribution < 1.29 is 23.2 Å². The summed E-state index contributed by atoms with van der Waals surface area (Å²) < 4.78 is 33.9. The van der Waals surface area contributed by atoms with Crippen molar-refractivity contribution in [2.24, 2.45) is 0 Å². The first kappa shape index (κ1) is 22.0. The van der Waals surface area contributed by atoms with E-state index in [1.165, 1.54) is 42.5 Å². The minimum atomic E-state index is -5.18. The van der Waals surface area contributed by atoms with Gasteiger partial charge in [0, 0.05) is 31.2 Å². The van der Waals surface area contributed by atoms with E-state index in [9.17, 15) is 23.2 Å². The fourth-order valence-corrected chi connectivity index (χ4v) is 5.85. The summed E-state index contributed by atoms with van der Waals surface area (Å²) in [5.41, 5.74) is -0.907. The minimum absolute atomic E-state index is 0.149. The second-order valence-corrected chi connectivity index (χ2v) is 9.33.